The van der Waals surface area contributed by atoms with Crippen molar-refractivity contribution in [3.63, 3.8) is 0 Å². The van der Waals surface area contributed by atoms with Crippen LogP contribution in [0, 0.1) is 0 Å². The van der Waals surface area contributed by atoms with Crippen molar-refractivity contribution in [3.05, 3.63) is 29.8 Å². The summed E-state index contributed by atoms with van der Waals surface area (Å²) in [4.78, 5) is 2.48. The molecule has 3 nitrogen and oxygen atoms in total. The van der Waals surface area contributed by atoms with Crippen LogP contribution < -0.4 is 10.1 Å². The zero-order chi connectivity index (χ0) is 12.4. The second kappa shape index (κ2) is 5.29. The maximum atomic E-state index is 6.01. The number of benzene rings is 1. The van der Waals surface area contributed by atoms with Crippen molar-refractivity contribution >= 4 is 0 Å². The Labute approximate surface area is 109 Å². The highest BCUT2D eigenvalue weighted by atomic mass is 16.5. The van der Waals surface area contributed by atoms with E-state index in [0.717, 1.165) is 37.8 Å². The van der Waals surface area contributed by atoms with Gasteiger partial charge in [-0.3, -0.25) is 4.90 Å². The summed E-state index contributed by atoms with van der Waals surface area (Å²) in [7, 11) is 2.24. The summed E-state index contributed by atoms with van der Waals surface area (Å²) in [6, 6.07) is 9.14. The van der Waals surface area contributed by atoms with E-state index in [4.69, 9.17) is 4.74 Å². The first kappa shape index (κ1) is 12.0. The Kier molecular flexibility index (Phi) is 3.52. The average Bonchev–Trinajstić information content (AvgIpc) is 2.82. The summed E-state index contributed by atoms with van der Waals surface area (Å²) in [5, 5.41) is 3.42. The van der Waals surface area contributed by atoms with Crippen molar-refractivity contribution in [1.29, 1.82) is 0 Å². The Bertz CT molecular complexity index is 376. The lowest BCUT2D eigenvalue weighted by Crippen LogP contribution is -2.44. The Morgan fingerprint density at radius 1 is 1.28 bits per heavy atom. The zero-order valence-electron chi connectivity index (χ0n) is 11.1. The molecule has 1 aromatic rings. The lowest BCUT2D eigenvalue weighted by molar-refractivity contribution is 0.123. The van der Waals surface area contributed by atoms with Crippen LogP contribution in [0.15, 0.2) is 24.3 Å². The molecule has 18 heavy (non-hydrogen) atoms. The van der Waals surface area contributed by atoms with E-state index in [-0.39, 0.29) is 0 Å². The minimum Gasteiger partial charge on any atom is -0.488 e. The standard InChI is InChI=1S/C15H22N2O/c1-17(13-6-8-16-9-7-13)11-14-10-12-4-2-3-5-15(12)18-14/h2-5,13-14,16H,6-11H2,1H3. The van der Waals surface area contributed by atoms with Gasteiger partial charge in [-0.1, -0.05) is 18.2 Å². The summed E-state index contributed by atoms with van der Waals surface area (Å²) >= 11 is 0. The van der Waals surface area contributed by atoms with Gasteiger partial charge in [0.05, 0.1) is 0 Å². The monoisotopic (exact) mass is 246 g/mol. The second-order valence-electron chi connectivity index (χ2n) is 5.47. The lowest BCUT2D eigenvalue weighted by atomic mass is 10.0. The Morgan fingerprint density at radius 2 is 2.06 bits per heavy atom. The fraction of sp³-hybridized carbons (Fsp3) is 0.600. The zero-order valence-corrected chi connectivity index (χ0v) is 11.1. The van der Waals surface area contributed by atoms with Crippen molar-refractivity contribution in [3.8, 4) is 5.75 Å². The van der Waals surface area contributed by atoms with E-state index in [2.05, 4.69) is 41.5 Å². The van der Waals surface area contributed by atoms with Gasteiger partial charge in [0.2, 0.25) is 0 Å². The van der Waals surface area contributed by atoms with Gasteiger partial charge >= 0.3 is 0 Å². The summed E-state index contributed by atoms with van der Waals surface area (Å²) in [5.74, 6) is 1.08. The number of ether oxygens (including phenoxy) is 1. The van der Waals surface area contributed by atoms with Crippen molar-refractivity contribution in [2.24, 2.45) is 0 Å². The maximum Gasteiger partial charge on any atom is 0.123 e. The van der Waals surface area contributed by atoms with E-state index >= 15 is 0 Å². The fourth-order valence-corrected chi connectivity index (χ4v) is 3.07. The van der Waals surface area contributed by atoms with Gasteiger partial charge in [0.25, 0.3) is 0 Å². The third-order valence-corrected chi connectivity index (χ3v) is 4.14. The summed E-state index contributed by atoms with van der Waals surface area (Å²) in [6.07, 6.45) is 3.92. The molecule has 0 saturated carbocycles. The molecule has 0 spiro atoms. The molecule has 98 valence electrons. The van der Waals surface area contributed by atoms with Crippen LogP contribution in [0.5, 0.6) is 5.75 Å². The summed E-state index contributed by atoms with van der Waals surface area (Å²) in [5.41, 5.74) is 1.36. The molecule has 0 aromatic heterocycles. The largest absolute Gasteiger partial charge is 0.488 e. The molecule has 1 unspecified atom stereocenters. The molecule has 2 aliphatic heterocycles. The van der Waals surface area contributed by atoms with Gasteiger partial charge in [-0.05, 0) is 44.6 Å². The highest BCUT2D eigenvalue weighted by Gasteiger charge is 2.26. The predicted molar refractivity (Wildman–Crippen MR) is 73.1 cm³/mol. The molecule has 2 aliphatic rings. The normalized spacial score (nSPS) is 24.0. The number of likely N-dealkylation sites (N-methyl/N-ethyl adjacent to an activating group) is 1. The van der Waals surface area contributed by atoms with E-state index in [0.29, 0.717) is 6.10 Å². The molecule has 0 radical (unpaired) electrons. The molecule has 1 aromatic carbocycles. The first-order chi connectivity index (χ1) is 8.83. The van der Waals surface area contributed by atoms with Crippen LogP contribution in [-0.2, 0) is 6.42 Å². The first-order valence-corrected chi connectivity index (χ1v) is 6.98. The van der Waals surface area contributed by atoms with Crippen molar-refractivity contribution in [2.75, 3.05) is 26.7 Å². The van der Waals surface area contributed by atoms with E-state index in [9.17, 15) is 0 Å². The number of piperidine rings is 1. The van der Waals surface area contributed by atoms with Gasteiger partial charge in [0.1, 0.15) is 11.9 Å². The molecule has 1 N–H and O–H groups in total. The van der Waals surface area contributed by atoms with Crippen LogP contribution in [0.1, 0.15) is 18.4 Å². The van der Waals surface area contributed by atoms with E-state index in [1.54, 1.807) is 0 Å². The molecular formula is C15H22N2O. The van der Waals surface area contributed by atoms with Gasteiger partial charge in [-0.25, -0.2) is 0 Å². The first-order valence-electron chi connectivity index (χ1n) is 6.98. The van der Waals surface area contributed by atoms with Crippen LogP contribution in [0.3, 0.4) is 0 Å². The Hall–Kier alpha value is -1.06. The predicted octanol–water partition coefficient (Wildman–Crippen LogP) is 1.67. The molecule has 3 heteroatoms. The number of para-hydroxylation sites is 1. The van der Waals surface area contributed by atoms with Gasteiger partial charge in [0, 0.05) is 19.0 Å². The highest BCUT2D eigenvalue weighted by Crippen LogP contribution is 2.28. The lowest BCUT2D eigenvalue weighted by Gasteiger charge is -2.32. The SMILES string of the molecule is CN(CC1Cc2ccccc2O1)C1CCNCC1. The Balaban J connectivity index is 1.55. The third kappa shape index (κ3) is 2.52. The topological polar surface area (TPSA) is 24.5 Å². The number of nitrogens with one attached hydrogen (secondary N) is 1. The van der Waals surface area contributed by atoms with E-state index in [1.807, 2.05) is 0 Å². The van der Waals surface area contributed by atoms with E-state index < -0.39 is 0 Å². The molecular weight excluding hydrogens is 224 g/mol. The molecule has 3 rings (SSSR count). The number of rotatable bonds is 3. The van der Waals surface area contributed by atoms with Crippen LogP contribution in [0.4, 0.5) is 0 Å². The minimum absolute atomic E-state index is 0.335. The van der Waals surface area contributed by atoms with Crippen molar-refractivity contribution < 1.29 is 4.74 Å². The number of hydrogen-bond donors (Lipinski definition) is 1. The van der Waals surface area contributed by atoms with Crippen molar-refractivity contribution in [1.82, 2.24) is 10.2 Å². The molecule has 2 heterocycles. The average molecular weight is 246 g/mol. The maximum absolute atomic E-state index is 6.01. The minimum atomic E-state index is 0.335. The van der Waals surface area contributed by atoms with Gasteiger partial charge in [-0.15, -0.1) is 0 Å². The Morgan fingerprint density at radius 3 is 2.83 bits per heavy atom. The van der Waals surface area contributed by atoms with Crippen LogP contribution >= 0.6 is 0 Å². The molecule has 1 saturated heterocycles. The molecule has 1 fully saturated rings. The van der Waals surface area contributed by atoms with Gasteiger partial charge in [0.15, 0.2) is 0 Å². The van der Waals surface area contributed by atoms with Crippen LogP contribution in [0.2, 0.25) is 0 Å². The summed E-state index contributed by atoms with van der Waals surface area (Å²) < 4.78 is 6.01. The van der Waals surface area contributed by atoms with Crippen molar-refractivity contribution in [2.45, 2.75) is 31.4 Å². The number of nitrogens with zero attached hydrogens (tertiary/aromatic N) is 1. The van der Waals surface area contributed by atoms with Gasteiger partial charge < -0.3 is 10.1 Å². The quantitative estimate of drug-likeness (QED) is 0.878. The van der Waals surface area contributed by atoms with Crippen LogP contribution in [0.25, 0.3) is 0 Å². The molecule has 0 bridgehead atoms. The fourth-order valence-electron chi connectivity index (χ4n) is 3.07. The molecule has 0 amide bonds. The second-order valence-corrected chi connectivity index (χ2v) is 5.47. The summed E-state index contributed by atoms with van der Waals surface area (Å²) in [6.45, 7) is 3.35. The number of fused-ring (bicyclic) bond motifs is 1. The number of hydrogen-bond acceptors (Lipinski definition) is 3. The van der Waals surface area contributed by atoms with Crippen LogP contribution in [-0.4, -0.2) is 43.7 Å². The molecule has 0 aliphatic carbocycles. The third-order valence-electron chi connectivity index (χ3n) is 4.14. The highest BCUT2D eigenvalue weighted by molar-refractivity contribution is 5.37. The molecule has 1 atom stereocenters. The van der Waals surface area contributed by atoms with Gasteiger partial charge in [-0.2, -0.15) is 0 Å². The smallest absolute Gasteiger partial charge is 0.123 e. The van der Waals surface area contributed by atoms with E-state index in [1.165, 1.54) is 18.4 Å².